The maximum absolute atomic E-state index is 13.3. The number of benzene rings is 1. The van der Waals surface area contributed by atoms with Crippen LogP contribution < -0.4 is 4.74 Å². The lowest BCUT2D eigenvalue weighted by atomic mass is 9.82. The third kappa shape index (κ3) is 5.20. The van der Waals surface area contributed by atoms with Crippen molar-refractivity contribution in [2.24, 2.45) is 5.92 Å². The topological polar surface area (TPSA) is 83.0 Å². The lowest BCUT2D eigenvalue weighted by Crippen LogP contribution is -2.45. The van der Waals surface area contributed by atoms with Gasteiger partial charge < -0.3 is 14.7 Å². The molecule has 1 aromatic heterocycles. The minimum absolute atomic E-state index is 0.0416. The highest BCUT2D eigenvalue weighted by molar-refractivity contribution is 7.09. The van der Waals surface area contributed by atoms with Crippen molar-refractivity contribution < 1.29 is 19.4 Å². The molecule has 0 saturated carbocycles. The average molecular weight is 496 g/mol. The highest BCUT2D eigenvalue weighted by Crippen LogP contribution is 2.37. The summed E-state index contributed by atoms with van der Waals surface area (Å²) >= 11 is 1.57. The summed E-state index contributed by atoms with van der Waals surface area (Å²) in [5.74, 6) is 1.22. The number of hydrogen-bond donors (Lipinski definition) is 1. The number of likely N-dealkylation sites (tertiary alicyclic amines) is 2. The largest absolute Gasteiger partial charge is 0.497 e. The standard InChI is InChI=1S/C27H33N3O4S/c1-34-20-8-6-18(7-9-20)25(32)16-29-13-10-19(11-14-29)26-28-22(17-35-26)27(33)30-15-12-24(31)21-4-2-3-5-23(21)30/h5-9,17,19,21,24,31H,2-4,10-16H2,1H3. The number of piperidine rings is 2. The predicted octanol–water partition coefficient (Wildman–Crippen LogP) is 4.10. The molecule has 7 nitrogen and oxygen atoms in total. The first-order valence-corrected chi connectivity index (χ1v) is 13.5. The Kier molecular flexibility index (Phi) is 7.32. The Bertz CT molecular complexity index is 1090. The van der Waals surface area contributed by atoms with Crippen LogP contribution in [0.25, 0.3) is 0 Å². The Balaban J connectivity index is 1.17. The minimum atomic E-state index is -0.349. The molecule has 2 fully saturated rings. The minimum Gasteiger partial charge on any atom is -0.497 e. The Morgan fingerprint density at radius 3 is 2.63 bits per heavy atom. The van der Waals surface area contributed by atoms with Crippen LogP contribution in [-0.4, -0.2) is 71.0 Å². The van der Waals surface area contributed by atoms with Crippen LogP contribution in [0.3, 0.4) is 0 Å². The molecule has 0 spiro atoms. The SMILES string of the molecule is COc1ccc(C(=O)CN2CCC(c3nc(C(=O)N4CCC(O)C5CCCC=C54)cs3)CC2)cc1. The number of aromatic nitrogens is 1. The van der Waals surface area contributed by atoms with Gasteiger partial charge in [0.2, 0.25) is 0 Å². The number of carbonyl (C=O) groups excluding carboxylic acids is 2. The van der Waals surface area contributed by atoms with Crippen molar-refractivity contribution >= 4 is 23.0 Å². The van der Waals surface area contributed by atoms with Gasteiger partial charge in [0.05, 0.1) is 24.8 Å². The van der Waals surface area contributed by atoms with Crippen LogP contribution in [-0.2, 0) is 0 Å². The van der Waals surface area contributed by atoms with Gasteiger partial charge in [0.15, 0.2) is 5.78 Å². The van der Waals surface area contributed by atoms with Crippen molar-refractivity contribution in [3.63, 3.8) is 0 Å². The number of rotatable bonds is 6. The molecule has 35 heavy (non-hydrogen) atoms. The first kappa shape index (κ1) is 24.2. The number of aliphatic hydroxyl groups excluding tert-OH is 1. The van der Waals surface area contributed by atoms with E-state index in [1.165, 1.54) is 0 Å². The third-order valence-electron chi connectivity index (χ3n) is 7.58. The van der Waals surface area contributed by atoms with E-state index in [2.05, 4.69) is 11.0 Å². The highest BCUT2D eigenvalue weighted by Gasteiger charge is 2.37. The zero-order valence-electron chi connectivity index (χ0n) is 20.2. The van der Waals surface area contributed by atoms with Gasteiger partial charge >= 0.3 is 0 Å². The molecule has 2 aromatic rings. The maximum atomic E-state index is 13.3. The lowest BCUT2D eigenvalue weighted by Gasteiger charge is -2.40. The maximum Gasteiger partial charge on any atom is 0.277 e. The van der Waals surface area contributed by atoms with Crippen LogP contribution in [0.2, 0.25) is 0 Å². The number of ether oxygens (including phenoxy) is 1. The monoisotopic (exact) mass is 495 g/mol. The molecule has 0 bridgehead atoms. The number of nitrogens with zero attached hydrogens (tertiary/aromatic N) is 3. The van der Waals surface area contributed by atoms with Crippen molar-refractivity contribution in [1.82, 2.24) is 14.8 Å². The Morgan fingerprint density at radius 2 is 1.89 bits per heavy atom. The summed E-state index contributed by atoms with van der Waals surface area (Å²) < 4.78 is 5.17. The van der Waals surface area contributed by atoms with E-state index in [0.717, 1.165) is 61.6 Å². The Labute approximate surface area is 210 Å². The second-order valence-electron chi connectivity index (χ2n) is 9.75. The number of thiazole rings is 1. The molecule has 8 heteroatoms. The summed E-state index contributed by atoms with van der Waals surface area (Å²) in [7, 11) is 1.62. The van der Waals surface area contributed by atoms with Gasteiger partial charge in [-0.25, -0.2) is 4.98 Å². The highest BCUT2D eigenvalue weighted by atomic mass is 32.1. The number of allylic oxidation sites excluding steroid dienone is 1. The van der Waals surface area contributed by atoms with Crippen molar-refractivity contribution in [1.29, 1.82) is 0 Å². The van der Waals surface area contributed by atoms with E-state index in [4.69, 9.17) is 9.72 Å². The number of carbonyl (C=O) groups is 2. The fourth-order valence-electron chi connectivity index (χ4n) is 5.52. The normalized spacial score (nSPS) is 23.5. The van der Waals surface area contributed by atoms with Crippen molar-refractivity contribution in [3.05, 3.63) is 57.7 Å². The van der Waals surface area contributed by atoms with E-state index in [9.17, 15) is 14.7 Å². The molecule has 2 saturated heterocycles. The van der Waals surface area contributed by atoms with Gasteiger partial charge in [0.25, 0.3) is 5.91 Å². The van der Waals surface area contributed by atoms with E-state index < -0.39 is 0 Å². The number of hydrogen-bond acceptors (Lipinski definition) is 7. The van der Waals surface area contributed by atoms with E-state index in [-0.39, 0.29) is 23.7 Å². The number of Topliss-reactive ketones (excluding diaryl/α,β-unsaturated/α-hetero) is 1. The second-order valence-corrected chi connectivity index (χ2v) is 10.6. The van der Waals surface area contributed by atoms with E-state index in [0.29, 0.717) is 36.7 Å². The average Bonchev–Trinajstić information content (AvgIpc) is 3.40. The number of fused-ring (bicyclic) bond motifs is 1. The summed E-state index contributed by atoms with van der Waals surface area (Å²) in [4.78, 5) is 34.8. The number of ketones is 1. The van der Waals surface area contributed by atoms with Crippen LogP contribution in [0.5, 0.6) is 5.75 Å². The van der Waals surface area contributed by atoms with Crippen molar-refractivity contribution in [3.8, 4) is 5.75 Å². The number of amides is 1. The smallest absolute Gasteiger partial charge is 0.277 e. The van der Waals surface area contributed by atoms with Crippen LogP contribution >= 0.6 is 11.3 Å². The molecule has 0 radical (unpaired) electrons. The molecule has 186 valence electrons. The molecule has 2 atom stereocenters. The summed E-state index contributed by atoms with van der Waals surface area (Å²) in [6, 6.07) is 7.27. The first-order chi connectivity index (χ1) is 17.0. The summed E-state index contributed by atoms with van der Waals surface area (Å²) in [6.45, 7) is 2.65. The molecule has 3 heterocycles. The van der Waals surface area contributed by atoms with Gasteiger partial charge in [-0.05, 0) is 75.9 Å². The molecule has 5 rings (SSSR count). The lowest BCUT2D eigenvalue weighted by molar-refractivity contribution is 0.0413. The number of methoxy groups -OCH3 is 1. The summed E-state index contributed by atoms with van der Waals surface area (Å²) in [5, 5.41) is 13.3. The van der Waals surface area contributed by atoms with E-state index >= 15 is 0 Å². The quantitative estimate of drug-likeness (QED) is 0.608. The van der Waals surface area contributed by atoms with Crippen LogP contribution in [0.15, 0.2) is 41.4 Å². The third-order valence-corrected chi connectivity index (χ3v) is 8.59. The molecular formula is C27H33N3O4S. The van der Waals surface area contributed by atoms with E-state index in [1.54, 1.807) is 18.4 Å². The van der Waals surface area contributed by atoms with Gasteiger partial charge in [0, 0.05) is 35.0 Å². The van der Waals surface area contributed by atoms with Gasteiger partial charge in [-0.2, -0.15) is 0 Å². The zero-order chi connectivity index (χ0) is 24.4. The number of aliphatic hydroxyl groups is 1. The van der Waals surface area contributed by atoms with Crippen LogP contribution in [0.1, 0.15) is 70.3 Å². The zero-order valence-corrected chi connectivity index (χ0v) is 21.0. The van der Waals surface area contributed by atoms with Crippen molar-refractivity contribution in [2.45, 2.75) is 50.5 Å². The Morgan fingerprint density at radius 1 is 1.11 bits per heavy atom. The van der Waals surface area contributed by atoms with Gasteiger partial charge in [-0.15, -0.1) is 11.3 Å². The summed E-state index contributed by atoms with van der Waals surface area (Å²) in [6.07, 6.45) is 7.24. The van der Waals surface area contributed by atoms with Crippen LogP contribution in [0, 0.1) is 5.92 Å². The second kappa shape index (κ2) is 10.6. The van der Waals surface area contributed by atoms with Gasteiger partial charge in [-0.3, -0.25) is 14.5 Å². The van der Waals surface area contributed by atoms with Gasteiger partial charge in [0.1, 0.15) is 11.4 Å². The molecule has 1 aromatic carbocycles. The van der Waals surface area contributed by atoms with Crippen molar-refractivity contribution in [2.75, 3.05) is 33.3 Å². The fraction of sp³-hybridized carbons (Fsp3) is 0.519. The molecule has 2 aliphatic heterocycles. The fourth-order valence-corrected chi connectivity index (χ4v) is 6.48. The van der Waals surface area contributed by atoms with E-state index in [1.807, 2.05) is 34.5 Å². The molecular weight excluding hydrogens is 462 g/mol. The molecule has 1 N–H and O–H groups in total. The van der Waals surface area contributed by atoms with Gasteiger partial charge in [-0.1, -0.05) is 6.08 Å². The predicted molar refractivity (Wildman–Crippen MR) is 135 cm³/mol. The molecule has 3 aliphatic rings. The molecule has 2 unspecified atom stereocenters. The molecule has 1 aliphatic carbocycles. The Hall–Kier alpha value is -2.55. The molecule has 1 amide bonds. The first-order valence-electron chi connectivity index (χ1n) is 12.6. The summed E-state index contributed by atoms with van der Waals surface area (Å²) in [5.41, 5.74) is 2.21. The van der Waals surface area contributed by atoms with Crippen LogP contribution in [0.4, 0.5) is 0 Å².